The van der Waals surface area contributed by atoms with Gasteiger partial charge in [-0.1, -0.05) is 46.3 Å². The van der Waals surface area contributed by atoms with Crippen LogP contribution in [0.25, 0.3) is 0 Å². The molecule has 0 unspecified atom stereocenters. The van der Waals surface area contributed by atoms with Gasteiger partial charge in [0.05, 0.1) is 4.90 Å². The minimum absolute atomic E-state index is 0.0964. The number of ether oxygens (including phenoxy) is 1. The third-order valence-electron chi connectivity index (χ3n) is 2.77. The van der Waals surface area contributed by atoms with Gasteiger partial charge in [0.2, 0.25) is 10.0 Å². The molecule has 0 amide bonds. The van der Waals surface area contributed by atoms with Crippen LogP contribution in [0, 0.1) is 0 Å². The molecular formula is C15H14BrNO4S. The Morgan fingerprint density at radius 3 is 2.32 bits per heavy atom. The lowest BCUT2D eigenvalue weighted by molar-refractivity contribution is -0.143. The molecule has 116 valence electrons. The second kappa shape index (κ2) is 7.53. The van der Waals surface area contributed by atoms with Gasteiger partial charge in [0, 0.05) is 4.47 Å². The fourth-order valence-electron chi connectivity index (χ4n) is 1.63. The Morgan fingerprint density at radius 2 is 1.68 bits per heavy atom. The van der Waals surface area contributed by atoms with Crippen molar-refractivity contribution in [2.24, 2.45) is 0 Å². The first-order valence-corrected chi connectivity index (χ1v) is 8.70. The highest BCUT2D eigenvalue weighted by Crippen LogP contribution is 2.11. The lowest BCUT2D eigenvalue weighted by Crippen LogP contribution is -2.30. The van der Waals surface area contributed by atoms with Crippen molar-refractivity contribution in [3.63, 3.8) is 0 Å². The lowest BCUT2D eigenvalue weighted by Gasteiger charge is -2.07. The van der Waals surface area contributed by atoms with E-state index in [0.29, 0.717) is 0 Å². The number of hydrogen-bond donors (Lipinski definition) is 1. The lowest BCUT2D eigenvalue weighted by atomic mass is 10.2. The molecule has 0 radical (unpaired) electrons. The zero-order valence-corrected chi connectivity index (χ0v) is 13.9. The van der Waals surface area contributed by atoms with Crippen LogP contribution in [0.4, 0.5) is 0 Å². The standard InChI is InChI=1S/C15H14BrNO4S/c16-13-8-6-12(7-9-13)11-21-15(18)10-17-22(19,20)14-4-2-1-3-5-14/h1-9,17H,10-11H2. The van der Waals surface area contributed by atoms with Crippen molar-refractivity contribution >= 4 is 31.9 Å². The first kappa shape index (κ1) is 16.7. The number of rotatable bonds is 6. The van der Waals surface area contributed by atoms with Crippen LogP contribution in [0.3, 0.4) is 0 Å². The predicted octanol–water partition coefficient (Wildman–Crippen LogP) is 2.47. The zero-order chi connectivity index (χ0) is 16.0. The molecule has 0 bridgehead atoms. The van der Waals surface area contributed by atoms with Gasteiger partial charge in [0.15, 0.2) is 0 Å². The molecule has 0 saturated carbocycles. The summed E-state index contributed by atoms with van der Waals surface area (Å²) in [5.41, 5.74) is 0.822. The van der Waals surface area contributed by atoms with Crippen LogP contribution >= 0.6 is 15.9 Å². The number of hydrogen-bond acceptors (Lipinski definition) is 4. The summed E-state index contributed by atoms with van der Waals surface area (Å²) >= 11 is 3.31. The number of carbonyl (C=O) groups is 1. The van der Waals surface area contributed by atoms with Gasteiger partial charge >= 0.3 is 5.97 Å². The zero-order valence-electron chi connectivity index (χ0n) is 11.5. The molecule has 7 heteroatoms. The summed E-state index contributed by atoms with van der Waals surface area (Å²) < 4.78 is 32.0. The van der Waals surface area contributed by atoms with Crippen LogP contribution in [-0.4, -0.2) is 20.9 Å². The largest absolute Gasteiger partial charge is 0.460 e. The van der Waals surface area contributed by atoms with E-state index in [-0.39, 0.29) is 11.5 Å². The Kier molecular flexibility index (Phi) is 5.70. The van der Waals surface area contributed by atoms with E-state index in [1.54, 1.807) is 18.2 Å². The fraction of sp³-hybridized carbons (Fsp3) is 0.133. The average molecular weight is 384 g/mol. The summed E-state index contributed by atoms with van der Waals surface area (Å²) in [7, 11) is -3.70. The maximum atomic E-state index is 11.9. The van der Waals surface area contributed by atoms with Crippen LogP contribution in [0.1, 0.15) is 5.56 Å². The summed E-state index contributed by atoms with van der Waals surface area (Å²) in [6.45, 7) is -0.313. The first-order chi connectivity index (χ1) is 10.5. The van der Waals surface area contributed by atoms with Gasteiger partial charge in [-0.15, -0.1) is 0 Å². The number of carbonyl (C=O) groups excluding carboxylic acids is 1. The van der Waals surface area contributed by atoms with Gasteiger partial charge in [-0.3, -0.25) is 4.79 Å². The maximum Gasteiger partial charge on any atom is 0.321 e. The summed E-state index contributed by atoms with van der Waals surface area (Å²) in [4.78, 5) is 11.7. The fourth-order valence-corrected chi connectivity index (χ4v) is 2.89. The van der Waals surface area contributed by atoms with Gasteiger partial charge in [-0.25, -0.2) is 8.42 Å². The van der Waals surface area contributed by atoms with Crippen molar-refractivity contribution in [2.75, 3.05) is 6.54 Å². The molecule has 0 spiro atoms. The highest BCUT2D eigenvalue weighted by Gasteiger charge is 2.15. The maximum absolute atomic E-state index is 11.9. The molecule has 22 heavy (non-hydrogen) atoms. The second-order valence-corrected chi connectivity index (χ2v) is 7.11. The molecule has 0 atom stereocenters. The molecule has 2 aromatic rings. The molecule has 2 aromatic carbocycles. The number of sulfonamides is 1. The van der Waals surface area contributed by atoms with E-state index in [1.165, 1.54) is 12.1 Å². The minimum atomic E-state index is -3.70. The van der Waals surface area contributed by atoms with E-state index in [4.69, 9.17) is 4.74 Å². The summed E-state index contributed by atoms with van der Waals surface area (Å²) in [5.74, 6) is -0.637. The molecule has 5 nitrogen and oxygen atoms in total. The van der Waals surface area contributed by atoms with Gasteiger partial charge in [-0.05, 0) is 29.8 Å². The van der Waals surface area contributed by atoms with E-state index in [0.717, 1.165) is 10.0 Å². The summed E-state index contributed by atoms with van der Waals surface area (Å²) in [6, 6.07) is 15.1. The Morgan fingerprint density at radius 1 is 1.05 bits per heavy atom. The van der Waals surface area contributed by atoms with Crippen molar-refractivity contribution in [3.05, 3.63) is 64.6 Å². The topological polar surface area (TPSA) is 72.5 Å². The number of esters is 1. The first-order valence-electron chi connectivity index (χ1n) is 6.42. The normalized spacial score (nSPS) is 11.1. The van der Waals surface area contributed by atoms with Crippen LogP contribution in [0.2, 0.25) is 0 Å². The van der Waals surface area contributed by atoms with Gasteiger partial charge in [-0.2, -0.15) is 4.72 Å². The molecule has 0 aliphatic carbocycles. The van der Waals surface area contributed by atoms with Crippen LogP contribution in [0.15, 0.2) is 64.0 Å². The molecule has 0 heterocycles. The van der Waals surface area contributed by atoms with Crippen molar-refractivity contribution in [2.45, 2.75) is 11.5 Å². The van der Waals surface area contributed by atoms with Crippen molar-refractivity contribution < 1.29 is 17.9 Å². The van der Waals surface area contributed by atoms with Gasteiger partial charge in [0.1, 0.15) is 13.2 Å². The van der Waals surface area contributed by atoms with Crippen molar-refractivity contribution in [1.29, 1.82) is 0 Å². The third kappa shape index (κ3) is 4.94. The van der Waals surface area contributed by atoms with Crippen LogP contribution in [-0.2, 0) is 26.2 Å². The van der Waals surface area contributed by atoms with E-state index in [9.17, 15) is 13.2 Å². The highest BCUT2D eigenvalue weighted by atomic mass is 79.9. The molecule has 0 saturated heterocycles. The monoisotopic (exact) mass is 383 g/mol. The smallest absolute Gasteiger partial charge is 0.321 e. The third-order valence-corrected chi connectivity index (χ3v) is 4.72. The number of halogens is 1. The SMILES string of the molecule is O=C(CNS(=O)(=O)c1ccccc1)OCc1ccc(Br)cc1. The Hall–Kier alpha value is -1.70. The highest BCUT2D eigenvalue weighted by molar-refractivity contribution is 9.10. The molecule has 0 aliphatic heterocycles. The van der Waals surface area contributed by atoms with E-state index < -0.39 is 22.5 Å². The van der Waals surface area contributed by atoms with Crippen LogP contribution in [0.5, 0.6) is 0 Å². The number of nitrogens with one attached hydrogen (secondary N) is 1. The molecule has 0 aromatic heterocycles. The Bertz CT molecular complexity index is 730. The second-order valence-electron chi connectivity index (χ2n) is 4.42. The molecular weight excluding hydrogens is 370 g/mol. The quantitative estimate of drug-likeness (QED) is 0.777. The van der Waals surface area contributed by atoms with Gasteiger partial charge in [0.25, 0.3) is 0 Å². The Labute approximate surface area is 137 Å². The molecule has 0 aliphatic rings. The van der Waals surface area contributed by atoms with Crippen molar-refractivity contribution in [1.82, 2.24) is 4.72 Å². The van der Waals surface area contributed by atoms with Crippen LogP contribution < -0.4 is 4.72 Å². The van der Waals surface area contributed by atoms with E-state index >= 15 is 0 Å². The molecule has 2 rings (SSSR count). The average Bonchev–Trinajstić information content (AvgIpc) is 2.53. The predicted molar refractivity (Wildman–Crippen MR) is 85.6 cm³/mol. The molecule has 0 fully saturated rings. The van der Waals surface area contributed by atoms with E-state index in [1.807, 2.05) is 24.3 Å². The summed E-state index contributed by atoms with van der Waals surface area (Å²) in [6.07, 6.45) is 0. The minimum Gasteiger partial charge on any atom is -0.460 e. The molecule has 1 N–H and O–H groups in total. The summed E-state index contributed by atoms with van der Waals surface area (Å²) in [5, 5.41) is 0. The van der Waals surface area contributed by atoms with Gasteiger partial charge < -0.3 is 4.74 Å². The van der Waals surface area contributed by atoms with E-state index in [2.05, 4.69) is 20.7 Å². The Balaban J connectivity index is 1.84. The number of benzene rings is 2. The van der Waals surface area contributed by atoms with Crippen molar-refractivity contribution in [3.8, 4) is 0 Å².